The van der Waals surface area contributed by atoms with Crippen molar-refractivity contribution < 1.29 is 14.4 Å². The van der Waals surface area contributed by atoms with Gasteiger partial charge in [0.2, 0.25) is 5.91 Å². The van der Waals surface area contributed by atoms with Crippen molar-refractivity contribution in [3.63, 3.8) is 0 Å². The molecule has 0 unspecified atom stereocenters. The van der Waals surface area contributed by atoms with Gasteiger partial charge in [-0.1, -0.05) is 42.5 Å². The lowest BCUT2D eigenvalue weighted by atomic mass is 10.1. The van der Waals surface area contributed by atoms with Gasteiger partial charge in [-0.3, -0.25) is 14.4 Å². The fourth-order valence-electron chi connectivity index (χ4n) is 2.49. The van der Waals surface area contributed by atoms with Crippen LogP contribution in [-0.4, -0.2) is 24.3 Å². The van der Waals surface area contributed by atoms with Gasteiger partial charge in [0.25, 0.3) is 11.8 Å². The molecule has 0 atom stereocenters. The van der Waals surface area contributed by atoms with Gasteiger partial charge in [-0.05, 0) is 36.3 Å². The van der Waals surface area contributed by atoms with E-state index in [1.807, 2.05) is 31.2 Å². The molecule has 28 heavy (non-hydrogen) atoms. The van der Waals surface area contributed by atoms with Gasteiger partial charge in [-0.15, -0.1) is 6.58 Å². The van der Waals surface area contributed by atoms with E-state index < -0.39 is 5.91 Å². The lowest BCUT2D eigenvalue weighted by Crippen LogP contribution is -2.30. The Hall–Kier alpha value is -3.67. The highest BCUT2D eigenvalue weighted by molar-refractivity contribution is 6.11. The van der Waals surface area contributed by atoms with Gasteiger partial charge in [-0.25, -0.2) is 0 Å². The van der Waals surface area contributed by atoms with Crippen LogP contribution in [0.5, 0.6) is 0 Å². The molecular formula is C22H23N3O3. The van der Waals surface area contributed by atoms with E-state index in [2.05, 4.69) is 22.5 Å². The van der Waals surface area contributed by atoms with Crippen molar-refractivity contribution in [1.82, 2.24) is 10.6 Å². The first-order valence-corrected chi connectivity index (χ1v) is 8.76. The Morgan fingerprint density at radius 3 is 2.39 bits per heavy atom. The number of benzene rings is 2. The van der Waals surface area contributed by atoms with Crippen LogP contribution >= 0.6 is 0 Å². The molecule has 0 aliphatic heterocycles. The number of amides is 3. The van der Waals surface area contributed by atoms with Crippen molar-refractivity contribution in [2.75, 3.05) is 11.9 Å². The number of anilines is 1. The van der Waals surface area contributed by atoms with Crippen molar-refractivity contribution in [3.8, 4) is 0 Å². The van der Waals surface area contributed by atoms with Crippen molar-refractivity contribution in [1.29, 1.82) is 0 Å². The second-order valence-electron chi connectivity index (χ2n) is 6.09. The molecule has 2 aromatic carbocycles. The molecule has 6 heteroatoms. The molecule has 0 fully saturated rings. The van der Waals surface area contributed by atoms with Gasteiger partial charge in [-0.2, -0.15) is 0 Å². The number of rotatable bonds is 7. The molecular weight excluding hydrogens is 354 g/mol. The summed E-state index contributed by atoms with van der Waals surface area (Å²) in [6.07, 6.45) is 3.17. The molecule has 3 amide bonds. The predicted octanol–water partition coefficient (Wildman–Crippen LogP) is 3.03. The molecule has 0 aromatic heterocycles. The SMILES string of the molecule is C=CCNC(=O)c1ccccc1NC(=O)/C(=C/c1ccccc1C)NC(C)=O. The third-order valence-corrected chi connectivity index (χ3v) is 3.87. The summed E-state index contributed by atoms with van der Waals surface area (Å²) in [5, 5.41) is 7.94. The van der Waals surface area contributed by atoms with Crippen molar-refractivity contribution in [2.24, 2.45) is 0 Å². The molecule has 144 valence electrons. The average molecular weight is 377 g/mol. The molecule has 2 aromatic rings. The number of para-hydroxylation sites is 1. The zero-order valence-corrected chi connectivity index (χ0v) is 15.9. The van der Waals surface area contributed by atoms with E-state index in [4.69, 9.17) is 0 Å². The number of carbonyl (C=O) groups is 3. The Kier molecular flexibility index (Phi) is 7.28. The van der Waals surface area contributed by atoms with Gasteiger partial charge in [0, 0.05) is 13.5 Å². The number of nitrogens with one attached hydrogen (secondary N) is 3. The number of carbonyl (C=O) groups excluding carboxylic acids is 3. The normalized spacial score (nSPS) is 10.7. The molecule has 0 aliphatic carbocycles. The maximum atomic E-state index is 12.8. The molecule has 6 nitrogen and oxygen atoms in total. The molecule has 0 spiro atoms. The molecule has 0 saturated heterocycles. The third-order valence-electron chi connectivity index (χ3n) is 3.87. The van der Waals surface area contributed by atoms with Gasteiger partial charge in [0.15, 0.2) is 0 Å². The van der Waals surface area contributed by atoms with Gasteiger partial charge in [0.1, 0.15) is 5.70 Å². The Morgan fingerprint density at radius 2 is 1.71 bits per heavy atom. The lowest BCUT2D eigenvalue weighted by molar-refractivity contribution is -0.120. The highest BCUT2D eigenvalue weighted by Gasteiger charge is 2.16. The zero-order valence-electron chi connectivity index (χ0n) is 15.9. The number of hydrogen-bond donors (Lipinski definition) is 3. The van der Waals surface area contributed by atoms with E-state index in [0.717, 1.165) is 11.1 Å². The number of aryl methyl sites for hydroxylation is 1. The van der Waals surface area contributed by atoms with Crippen LogP contribution in [0.25, 0.3) is 6.08 Å². The van der Waals surface area contributed by atoms with E-state index in [0.29, 0.717) is 17.8 Å². The molecule has 2 rings (SSSR count). The van der Waals surface area contributed by atoms with Crippen LogP contribution in [0.2, 0.25) is 0 Å². The van der Waals surface area contributed by atoms with Gasteiger partial charge in [0.05, 0.1) is 11.3 Å². The molecule has 0 bridgehead atoms. The van der Waals surface area contributed by atoms with E-state index >= 15 is 0 Å². The summed E-state index contributed by atoms with van der Waals surface area (Å²) in [5.41, 5.74) is 2.51. The predicted molar refractivity (Wildman–Crippen MR) is 111 cm³/mol. The summed E-state index contributed by atoms with van der Waals surface area (Å²) in [7, 11) is 0. The lowest BCUT2D eigenvalue weighted by Gasteiger charge is -2.13. The topological polar surface area (TPSA) is 87.3 Å². The fraction of sp³-hybridized carbons (Fsp3) is 0.136. The monoisotopic (exact) mass is 377 g/mol. The largest absolute Gasteiger partial charge is 0.349 e. The summed E-state index contributed by atoms with van der Waals surface area (Å²) in [5.74, 6) is -1.23. The Bertz CT molecular complexity index is 932. The minimum Gasteiger partial charge on any atom is -0.349 e. The first kappa shape index (κ1) is 20.6. The zero-order chi connectivity index (χ0) is 20.5. The van der Waals surface area contributed by atoms with E-state index in [1.165, 1.54) is 6.92 Å². The Balaban J connectivity index is 2.32. The van der Waals surface area contributed by atoms with E-state index in [-0.39, 0.29) is 17.5 Å². The van der Waals surface area contributed by atoms with Crippen LogP contribution in [0.4, 0.5) is 5.69 Å². The molecule has 0 aliphatic rings. The highest BCUT2D eigenvalue weighted by Crippen LogP contribution is 2.17. The summed E-state index contributed by atoms with van der Waals surface area (Å²) < 4.78 is 0. The highest BCUT2D eigenvalue weighted by atomic mass is 16.2. The summed E-state index contributed by atoms with van der Waals surface area (Å²) in [6.45, 7) is 7.11. The van der Waals surface area contributed by atoms with E-state index in [1.54, 1.807) is 36.4 Å². The smallest absolute Gasteiger partial charge is 0.272 e. The maximum Gasteiger partial charge on any atom is 0.272 e. The van der Waals surface area contributed by atoms with Crippen molar-refractivity contribution >= 4 is 29.5 Å². The summed E-state index contributed by atoms with van der Waals surface area (Å²) in [6, 6.07) is 14.1. The maximum absolute atomic E-state index is 12.8. The number of hydrogen-bond acceptors (Lipinski definition) is 3. The van der Waals surface area contributed by atoms with Gasteiger partial charge >= 0.3 is 0 Å². The Labute approximate surface area is 164 Å². The standard InChI is InChI=1S/C22H23N3O3/c1-4-13-23-21(27)18-11-7-8-12-19(18)25-22(28)20(24-16(3)26)14-17-10-6-5-9-15(17)2/h4-12,14H,1,13H2,2-3H3,(H,23,27)(H,24,26)(H,25,28)/b20-14-. The van der Waals surface area contributed by atoms with Crippen LogP contribution in [0.3, 0.4) is 0 Å². The molecule has 0 radical (unpaired) electrons. The third kappa shape index (κ3) is 5.67. The second kappa shape index (κ2) is 9.87. The quantitative estimate of drug-likeness (QED) is 0.512. The van der Waals surface area contributed by atoms with Crippen LogP contribution in [-0.2, 0) is 9.59 Å². The molecule has 0 heterocycles. The van der Waals surface area contributed by atoms with Gasteiger partial charge < -0.3 is 16.0 Å². The summed E-state index contributed by atoms with van der Waals surface area (Å²) >= 11 is 0. The van der Waals surface area contributed by atoms with Crippen LogP contribution in [0, 0.1) is 6.92 Å². The summed E-state index contributed by atoms with van der Waals surface area (Å²) in [4.78, 5) is 36.7. The average Bonchev–Trinajstić information content (AvgIpc) is 2.67. The van der Waals surface area contributed by atoms with E-state index in [9.17, 15) is 14.4 Å². The first-order chi connectivity index (χ1) is 13.4. The van der Waals surface area contributed by atoms with Crippen LogP contribution in [0.1, 0.15) is 28.4 Å². The van der Waals surface area contributed by atoms with Crippen molar-refractivity contribution in [2.45, 2.75) is 13.8 Å². The van der Waals surface area contributed by atoms with Crippen LogP contribution < -0.4 is 16.0 Å². The second-order valence-corrected chi connectivity index (χ2v) is 6.09. The minimum absolute atomic E-state index is 0.0862. The first-order valence-electron chi connectivity index (χ1n) is 8.76. The molecule has 0 saturated carbocycles. The van der Waals surface area contributed by atoms with Crippen molar-refractivity contribution in [3.05, 3.63) is 83.6 Å². The van der Waals surface area contributed by atoms with Crippen LogP contribution in [0.15, 0.2) is 66.9 Å². The minimum atomic E-state index is -0.526. The molecule has 3 N–H and O–H groups in total. The fourth-order valence-corrected chi connectivity index (χ4v) is 2.49. The Morgan fingerprint density at radius 1 is 1.04 bits per heavy atom.